The van der Waals surface area contributed by atoms with E-state index in [0.717, 1.165) is 33.9 Å². The number of halogens is 1. The van der Waals surface area contributed by atoms with Crippen LogP contribution < -0.4 is 10.5 Å². The number of rotatable bonds is 4. The Balaban J connectivity index is 2.24. The van der Waals surface area contributed by atoms with E-state index in [4.69, 9.17) is 22.1 Å². The summed E-state index contributed by atoms with van der Waals surface area (Å²) < 4.78 is 5.40. The van der Waals surface area contributed by atoms with Crippen LogP contribution >= 0.6 is 11.6 Å². The molecule has 2 aromatic rings. The Bertz CT molecular complexity index is 610. The highest BCUT2D eigenvalue weighted by molar-refractivity contribution is 6.31. The van der Waals surface area contributed by atoms with Gasteiger partial charge in [0.15, 0.2) is 0 Å². The fourth-order valence-electron chi connectivity index (χ4n) is 2.32. The number of benzene rings is 2. The molecule has 0 heterocycles. The van der Waals surface area contributed by atoms with Crippen LogP contribution in [0.15, 0.2) is 36.4 Å². The number of hydrogen-bond acceptors (Lipinski definition) is 2. The smallest absolute Gasteiger partial charge is 0.122 e. The Morgan fingerprint density at radius 3 is 2.55 bits per heavy atom. The second-order valence-corrected chi connectivity index (χ2v) is 5.54. The molecule has 0 saturated heterocycles. The van der Waals surface area contributed by atoms with Crippen LogP contribution in [-0.2, 0) is 6.42 Å². The van der Waals surface area contributed by atoms with Crippen LogP contribution in [-0.4, -0.2) is 7.11 Å². The van der Waals surface area contributed by atoms with Crippen LogP contribution in [0.2, 0.25) is 5.02 Å². The van der Waals surface area contributed by atoms with Crippen molar-refractivity contribution in [2.24, 2.45) is 5.73 Å². The maximum atomic E-state index is 6.32. The summed E-state index contributed by atoms with van der Waals surface area (Å²) in [5.74, 6) is 0.886. The number of hydrogen-bond donors (Lipinski definition) is 1. The molecule has 0 aliphatic carbocycles. The van der Waals surface area contributed by atoms with Crippen molar-refractivity contribution >= 4 is 11.6 Å². The van der Waals surface area contributed by atoms with E-state index in [1.807, 2.05) is 31.2 Å². The fourth-order valence-corrected chi connectivity index (χ4v) is 2.44. The first-order valence-corrected chi connectivity index (χ1v) is 7.04. The lowest BCUT2D eigenvalue weighted by Gasteiger charge is -2.16. The molecule has 106 valence electrons. The van der Waals surface area contributed by atoms with Gasteiger partial charge in [-0.25, -0.2) is 0 Å². The van der Waals surface area contributed by atoms with Crippen molar-refractivity contribution in [3.8, 4) is 5.75 Å². The zero-order valence-corrected chi connectivity index (χ0v) is 12.9. The molecule has 2 aromatic carbocycles. The maximum absolute atomic E-state index is 6.32. The molecule has 3 heteroatoms. The van der Waals surface area contributed by atoms with Crippen molar-refractivity contribution in [2.75, 3.05) is 7.11 Å². The second-order valence-electron chi connectivity index (χ2n) is 5.13. The summed E-state index contributed by atoms with van der Waals surface area (Å²) in [5, 5.41) is 0.772. The van der Waals surface area contributed by atoms with Crippen molar-refractivity contribution in [3.05, 3.63) is 63.7 Å². The Morgan fingerprint density at radius 1 is 1.15 bits per heavy atom. The normalized spacial score (nSPS) is 12.2. The lowest BCUT2D eigenvalue weighted by Crippen LogP contribution is -2.14. The highest BCUT2D eigenvalue weighted by Crippen LogP contribution is 2.26. The van der Waals surface area contributed by atoms with Crippen LogP contribution in [0.1, 0.15) is 28.3 Å². The molecular weight excluding hydrogens is 270 g/mol. The van der Waals surface area contributed by atoms with Gasteiger partial charge in [-0.2, -0.15) is 0 Å². The van der Waals surface area contributed by atoms with E-state index in [1.54, 1.807) is 7.11 Å². The molecule has 0 aromatic heterocycles. The molecule has 0 spiro atoms. The van der Waals surface area contributed by atoms with Gasteiger partial charge in [-0.15, -0.1) is 0 Å². The van der Waals surface area contributed by atoms with Gasteiger partial charge in [0.2, 0.25) is 0 Å². The second kappa shape index (κ2) is 6.29. The highest BCUT2D eigenvalue weighted by Gasteiger charge is 2.12. The van der Waals surface area contributed by atoms with Crippen molar-refractivity contribution < 1.29 is 4.74 Å². The van der Waals surface area contributed by atoms with Crippen LogP contribution in [0, 0.1) is 13.8 Å². The molecule has 0 aliphatic rings. The van der Waals surface area contributed by atoms with E-state index >= 15 is 0 Å². The average molecular weight is 290 g/mol. The molecule has 0 amide bonds. The van der Waals surface area contributed by atoms with Crippen LogP contribution in [0.4, 0.5) is 0 Å². The van der Waals surface area contributed by atoms with E-state index in [0.29, 0.717) is 0 Å². The van der Waals surface area contributed by atoms with Crippen LogP contribution in [0.5, 0.6) is 5.75 Å². The van der Waals surface area contributed by atoms with Gasteiger partial charge in [-0.3, -0.25) is 0 Å². The predicted molar refractivity (Wildman–Crippen MR) is 84.6 cm³/mol. The van der Waals surface area contributed by atoms with Crippen molar-refractivity contribution in [3.63, 3.8) is 0 Å². The molecule has 0 saturated carbocycles. The molecule has 0 bridgehead atoms. The van der Waals surface area contributed by atoms with Gasteiger partial charge in [0, 0.05) is 11.1 Å². The third-order valence-electron chi connectivity index (χ3n) is 3.49. The SMILES string of the molecule is COc1ccc(C)cc1CC(N)c1ccc(Cl)c(C)c1. The first-order chi connectivity index (χ1) is 9.51. The van der Waals surface area contributed by atoms with Crippen molar-refractivity contribution in [2.45, 2.75) is 26.3 Å². The van der Waals surface area contributed by atoms with Gasteiger partial charge in [0.1, 0.15) is 5.75 Å². The Morgan fingerprint density at radius 2 is 1.90 bits per heavy atom. The Kier molecular flexibility index (Phi) is 4.69. The standard InChI is InChI=1S/C17H20ClNO/c1-11-4-7-17(20-3)14(8-11)10-16(19)13-5-6-15(18)12(2)9-13/h4-9,16H,10,19H2,1-3H3. The number of nitrogens with two attached hydrogens (primary N) is 1. The summed E-state index contributed by atoms with van der Waals surface area (Å²) in [6.45, 7) is 4.06. The molecule has 20 heavy (non-hydrogen) atoms. The topological polar surface area (TPSA) is 35.2 Å². The van der Waals surface area contributed by atoms with Gasteiger partial charge in [-0.1, -0.05) is 41.4 Å². The van der Waals surface area contributed by atoms with Crippen molar-refractivity contribution in [1.29, 1.82) is 0 Å². The monoisotopic (exact) mass is 289 g/mol. The number of ether oxygens (including phenoxy) is 1. The van der Waals surface area contributed by atoms with Gasteiger partial charge >= 0.3 is 0 Å². The van der Waals surface area contributed by atoms with E-state index in [1.165, 1.54) is 5.56 Å². The molecule has 2 nitrogen and oxygen atoms in total. The summed E-state index contributed by atoms with van der Waals surface area (Å²) in [6, 6.07) is 12.0. The molecule has 0 radical (unpaired) electrons. The quantitative estimate of drug-likeness (QED) is 0.915. The first-order valence-electron chi connectivity index (χ1n) is 6.66. The summed E-state index contributed by atoms with van der Waals surface area (Å²) >= 11 is 6.05. The van der Waals surface area contributed by atoms with Crippen LogP contribution in [0.25, 0.3) is 0 Å². The summed E-state index contributed by atoms with van der Waals surface area (Å²) in [5.41, 5.74) is 10.8. The summed E-state index contributed by atoms with van der Waals surface area (Å²) in [6.07, 6.45) is 0.742. The van der Waals surface area contributed by atoms with Gasteiger partial charge in [0.05, 0.1) is 7.11 Å². The van der Waals surface area contributed by atoms with Crippen LogP contribution in [0.3, 0.4) is 0 Å². The highest BCUT2D eigenvalue weighted by atomic mass is 35.5. The lowest BCUT2D eigenvalue weighted by atomic mass is 9.97. The zero-order chi connectivity index (χ0) is 14.7. The molecule has 0 fully saturated rings. The molecule has 1 atom stereocenters. The average Bonchev–Trinajstić information content (AvgIpc) is 2.42. The Labute approximate surface area is 125 Å². The maximum Gasteiger partial charge on any atom is 0.122 e. The first kappa shape index (κ1) is 14.9. The molecule has 1 unspecified atom stereocenters. The van der Waals surface area contributed by atoms with E-state index in [9.17, 15) is 0 Å². The predicted octanol–water partition coefficient (Wildman–Crippen LogP) is 4.21. The summed E-state index contributed by atoms with van der Waals surface area (Å²) in [7, 11) is 1.69. The molecule has 2 rings (SSSR count). The molecule has 2 N–H and O–H groups in total. The van der Waals surface area contributed by atoms with E-state index in [-0.39, 0.29) is 6.04 Å². The van der Waals surface area contributed by atoms with Crippen molar-refractivity contribution in [1.82, 2.24) is 0 Å². The lowest BCUT2D eigenvalue weighted by molar-refractivity contribution is 0.408. The minimum absolute atomic E-state index is 0.0679. The largest absolute Gasteiger partial charge is 0.496 e. The van der Waals surface area contributed by atoms with Gasteiger partial charge < -0.3 is 10.5 Å². The van der Waals surface area contributed by atoms with E-state index < -0.39 is 0 Å². The minimum Gasteiger partial charge on any atom is -0.496 e. The van der Waals surface area contributed by atoms with E-state index in [2.05, 4.69) is 19.1 Å². The third-order valence-corrected chi connectivity index (χ3v) is 3.91. The summed E-state index contributed by atoms with van der Waals surface area (Å²) in [4.78, 5) is 0. The molecule has 0 aliphatic heterocycles. The minimum atomic E-state index is -0.0679. The number of aryl methyl sites for hydroxylation is 2. The number of methoxy groups -OCH3 is 1. The zero-order valence-electron chi connectivity index (χ0n) is 12.1. The molecular formula is C17H20ClNO. The van der Waals surface area contributed by atoms with Gasteiger partial charge in [0.25, 0.3) is 0 Å². The van der Waals surface area contributed by atoms with Gasteiger partial charge in [-0.05, 0) is 49.1 Å². The Hall–Kier alpha value is -1.51. The third kappa shape index (κ3) is 3.33. The fraction of sp³-hybridized carbons (Fsp3) is 0.294.